The third-order valence-corrected chi connectivity index (χ3v) is 2.32. The fourth-order valence-corrected chi connectivity index (χ4v) is 1.47. The van der Waals surface area contributed by atoms with Crippen molar-refractivity contribution in [2.24, 2.45) is 0 Å². The van der Waals surface area contributed by atoms with Crippen LogP contribution in [0.2, 0.25) is 0 Å². The SMILES string of the molecule is CCCOc1nc(NCC)nc(Oc2ccccc2)n1. The third-order valence-electron chi connectivity index (χ3n) is 2.32. The number of anilines is 1. The van der Waals surface area contributed by atoms with Gasteiger partial charge in [-0.3, -0.25) is 0 Å². The summed E-state index contributed by atoms with van der Waals surface area (Å²) in [6, 6.07) is 9.84. The number of benzene rings is 1. The molecule has 1 aromatic carbocycles. The van der Waals surface area contributed by atoms with Gasteiger partial charge in [0.25, 0.3) is 0 Å². The van der Waals surface area contributed by atoms with Crippen LogP contribution in [0.1, 0.15) is 20.3 Å². The molecule has 1 heterocycles. The fourth-order valence-electron chi connectivity index (χ4n) is 1.47. The van der Waals surface area contributed by atoms with Crippen LogP contribution in [-0.2, 0) is 0 Å². The summed E-state index contributed by atoms with van der Waals surface area (Å²) < 4.78 is 11.0. The van der Waals surface area contributed by atoms with Crippen molar-refractivity contribution in [1.82, 2.24) is 15.0 Å². The summed E-state index contributed by atoms with van der Waals surface area (Å²) in [5.74, 6) is 1.11. The van der Waals surface area contributed by atoms with Gasteiger partial charge in [0.2, 0.25) is 5.95 Å². The highest BCUT2D eigenvalue weighted by molar-refractivity contribution is 5.30. The quantitative estimate of drug-likeness (QED) is 0.837. The maximum absolute atomic E-state index is 5.60. The molecular weight excluding hydrogens is 256 g/mol. The zero-order chi connectivity index (χ0) is 14.2. The normalized spacial score (nSPS) is 10.1. The minimum atomic E-state index is 0.216. The lowest BCUT2D eigenvalue weighted by Gasteiger charge is -2.08. The van der Waals surface area contributed by atoms with E-state index in [4.69, 9.17) is 9.47 Å². The van der Waals surface area contributed by atoms with Gasteiger partial charge in [0.1, 0.15) is 5.75 Å². The molecule has 0 radical (unpaired) electrons. The van der Waals surface area contributed by atoms with E-state index in [0.29, 0.717) is 24.8 Å². The first-order valence-corrected chi connectivity index (χ1v) is 6.67. The standard InChI is InChI=1S/C14H18N4O2/c1-3-10-19-13-16-12(15-4-2)17-14(18-13)20-11-8-6-5-7-9-11/h5-9H,3-4,10H2,1-2H3,(H,15,16,17,18). The van der Waals surface area contributed by atoms with Gasteiger partial charge in [-0.1, -0.05) is 25.1 Å². The maximum Gasteiger partial charge on any atom is 0.330 e. The van der Waals surface area contributed by atoms with Crippen molar-refractivity contribution in [1.29, 1.82) is 0 Å². The molecule has 0 aliphatic carbocycles. The molecule has 1 N–H and O–H groups in total. The minimum absolute atomic E-state index is 0.216. The summed E-state index contributed by atoms with van der Waals surface area (Å²) in [5, 5.41) is 3.03. The summed E-state index contributed by atoms with van der Waals surface area (Å²) in [4.78, 5) is 12.5. The lowest BCUT2D eigenvalue weighted by Crippen LogP contribution is -2.08. The Labute approximate surface area is 118 Å². The first-order valence-electron chi connectivity index (χ1n) is 6.67. The van der Waals surface area contributed by atoms with Crippen LogP contribution in [0.15, 0.2) is 30.3 Å². The van der Waals surface area contributed by atoms with Gasteiger partial charge >= 0.3 is 12.0 Å². The molecule has 2 rings (SSSR count). The van der Waals surface area contributed by atoms with Crippen molar-refractivity contribution >= 4 is 5.95 Å². The van der Waals surface area contributed by atoms with Crippen LogP contribution in [0.25, 0.3) is 0 Å². The molecule has 0 atom stereocenters. The summed E-state index contributed by atoms with van der Waals surface area (Å²) in [6.45, 7) is 5.25. The van der Waals surface area contributed by atoms with E-state index in [0.717, 1.165) is 6.42 Å². The Morgan fingerprint density at radius 2 is 1.75 bits per heavy atom. The summed E-state index contributed by atoms with van der Waals surface area (Å²) in [6.07, 6.45) is 0.886. The van der Waals surface area contributed by atoms with Crippen molar-refractivity contribution in [2.75, 3.05) is 18.5 Å². The predicted octanol–water partition coefficient (Wildman–Crippen LogP) is 2.88. The Morgan fingerprint density at radius 1 is 1.00 bits per heavy atom. The Morgan fingerprint density at radius 3 is 2.45 bits per heavy atom. The topological polar surface area (TPSA) is 69.2 Å². The highest BCUT2D eigenvalue weighted by atomic mass is 16.5. The number of hydrogen-bond donors (Lipinski definition) is 1. The number of ether oxygens (including phenoxy) is 2. The molecule has 0 fully saturated rings. The van der Waals surface area contributed by atoms with E-state index in [1.165, 1.54) is 0 Å². The van der Waals surface area contributed by atoms with Gasteiger partial charge in [-0.2, -0.15) is 9.97 Å². The van der Waals surface area contributed by atoms with Gasteiger partial charge in [-0.05, 0) is 25.5 Å². The lowest BCUT2D eigenvalue weighted by molar-refractivity contribution is 0.285. The van der Waals surface area contributed by atoms with Crippen LogP contribution in [0.4, 0.5) is 5.95 Å². The van der Waals surface area contributed by atoms with Crippen LogP contribution in [0.5, 0.6) is 17.8 Å². The average molecular weight is 274 g/mol. The lowest BCUT2D eigenvalue weighted by atomic mass is 10.3. The number of nitrogens with zero attached hydrogens (tertiary/aromatic N) is 3. The zero-order valence-corrected chi connectivity index (χ0v) is 11.7. The van der Waals surface area contributed by atoms with Crippen molar-refractivity contribution in [2.45, 2.75) is 20.3 Å². The molecule has 6 heteroatoms. The number of para-hydroxylation sites is 1. The predicted molar refractivity (Wildman–Crippen MR) is 76.3 cm³/mol. The van der Waals surface area contributed by atoms with Crippen LogP contribution >= 0.6 is 0 Å². The molecule has 0 saturated heterocycles. The van der Waals surface area contributed by atoms with Crippen LogP contribution in [0, 0.1) is 0 Å². The third kappa shape index (κ3) is 4.08. The van der Waals surface area contributed by atoms with E-state index in [1.807, 2.05) is 44.2 Å². The number of aromatic nitrogens is 3. The van der Waals surface area contributed by atoms with Gasteiger partial charge < -0.3 is 14.8 Å². The maximum atomic E-state index is 5.60. The number of nitrogens with one attached hydrogen (secondary N) is 1. The van der Waals surface area contributed by atoms with E-state index in [1.54, 1.807) is 0 Å². The summed E-state index contributed by atoms with van der Waals surface area (Å²) >= 11 is 0. The van der Waals surface area contributed by atoms with Gasteiger partial charge in [0.05, 0.1) is 6.61 Å². The molecule has 6 nitrogen and oxygen atoms in total. The Bertz CT molecular complexity index is 534. The van der Waals surface area contributed by atoms with E-state index < -0.39 is 0 Å². The monoisotopic (exact) mass is 274 g/mol. The Kier molecular flexibility index (Phi) is 5.11. The Balaban J connectivity index is 2.19. The van der Waals surface area contributed by atoms with Gasteiger partial charge in [0.15, 0.2) is 0 Å². The second-order valence-electron chi connectivity index (χ2n) is 4.02. The van der Waals surface area contributed by atoms with Gasteiger partial charge in [0, 0.05) is 6.54 Å². The van der Waals surface area contributed by atoms with E-state index >= 15 is 0 Å². The molecule has 1 aromatic heterocycles. The second-order valence-corrected chi connectivity index (χ2v) is 4.02. The van der Waals surface area contributed by atoms with E-state index in [9.17, 15) is 0 Å². The van der Waals surface area contributed by atoms with Gasteiger partial charge in [-0.15, -0.1) is 4.98 Å². The first-order chi connectivity index (χ1) is 9.81. The van der Waals surface area contributed by atoms with Crippen molar-refractivity contribution in [3.63, 3.8) is 0 Å². The van der Waals surface area contributed by atoms with E-state index in [2.05, 4.69) is 20.3 Å². The zero-order valence-electron chi connectivity index (χ0n) is 11.7. The van der Waals surface area contributed by atoms with Crippen LogP contribution in [-0.4, -0.2) is 28.1 Å². The molecule has 106 valence electrons. The summed E-state index contributed by atoms with van der Waals surface area (Å²) in [5.41, 5.74) is 0. The highest BCUT2D eigenvalue weighted by Gasteiger charge is 2.09. The molecule has 0 aliphatic rings. The molecular formula is C14H18N4O2. The smallest absolute Gasteiger partial charge is 0.330 e. The van der Waals surface area contributed by atoms with Crippen LogP contribution < -0.4 is 14.8 Å². The highest BCUT2D eigenvalue weighted by Crippen LogP contribution is 2.20. The average Bonchev–Trinajstić information content (AvgIpc) is 2.46. The molecule has 0 saturated carbocycles. The molecule has 0 amide bonds. The minimum Gasteiger partial charge on any atom is -0.463 e. The molecule has 2 aromatic rings. The van der Waals surface area contributed by atoms with Gasteiger partial charge in [-0.25, -0.2) is 0 Å². The van der Waals surface area contributed by atoms with Crippen molar-refractivity contribution in [3.8, 4) is 17.8 Å². The molecule has 0 unspecified atom stereocenters. The second kappa shape index (κ2) is 7.28. The molecule has 20 heavy (non-hydrogen) atoms. The molecule has 0 bridgehead atoms. The van der Waals surface area contributed by atoms with Crippen molar-refractivity contribution in [3.05, 3.63) is 30.3 Å². The van der Waals surface area contributed by atoms with Crippen LogP contribution in [0.3, 0.4) is 0 Å². The largest absolute Gasteiger partial charge is 0.463 e. The molecule has 0 aliphatic heterocycles. The molecule has 0 spiro atoms. The Hall–Kier alpha value is -2.37. The number of rotatable bonds is 7. The number of hydrogen-bond acceptors (Lipinski definition) is 6. The fraction of sp³-hybridized carbons (Fsp3) is 0.357. The summed E-state index contributed by atoms with van der Waals surface area (Å²) in [7, 11) is 0. The van der Waals surface area contributed by atoms with E-state index in [-0.39, 0.29) is 12.0 Å². The van der Waals surface area contributed by atoms with Crippen molar-refractivity contribution < 1.29 is 9.47 Å². The first kappa shape index (κ1) is 14.0.